The maximum absolute atomic E-state index is 12.1. The SMILES string of the molecule is NCCCn1c(N)nc2ccccc2c1=O. The Labute approximate surface area is 92.7 Å². The second kappa shape index (κ2) is 4.32. The molecule has 0 aliphatic carbocycles. The summed E-state index contributed by atoms with van der Waals surface area (Å²) in [6, 6.07) is 7.18. The fourth-order valence-electron chi connectivity index (χ4n) is 1.65. The van der Waals surface area contributed by atoms with Crippen molar-refractivity contribution in [3.05, 3.63) is 34.6 Å². The summed E-state index contributed by atoms with van der Waals surface area (Å²) in [7, 11) is 0. The number of hydrogen-bond donors (Lipinski definition) is 2. The number of anilines is 1. The Kier molecular flexibility index (Phi) is 2.87. The zero-order valence-electron chi connectivity index (χ0n) is 8.89. The van der Waals surface area contributed by atoms with Crippen molar-refractivity contribution in [1.82, 2.24) is 9.55 Å². The van der Waals surface area contributed by atoms with Crippen LogP contribution in [0.2, 0.25) is 0 Å². The van der Waals surface area contributed by atoms with E-state index < -0.39 is 0 Å². The Balaban J connectivity index is 2.61. The molecule has 4 N–H and O–H groups in total. The number of aromatic nitrogens is 2. The van der Waals surface area contributed by atoms with Gasteiger partial charge in [0.05, 0.1) is 10.9 Å². The molecule has 0 radical (unpaired) electrons. The molecule has 2 rings (SSSR count). The van der Waals surface area contributed by atoms with Crippen molar-refractivity contribution in [3.8, 4) is 0 Å². The number of nitrogens with two attached hydrogens (primary N) is 2. The maximum Gasteiger partial charge on any atom is 0.262 e. The molecule has 0 bridgehead atoms. The van der Waals surface area contributed by atoms with Crippen LogP contribution >= 0.6 is 0 Å². The van der Waals surface area contributed by atoms with Crippen molar-refractivity contribution >= 4 is 16.9 Å². The zero-order chi connectivity index (χ0) is 11.5. The number of fused-ring (bicyclic) bond motifs is 1. The first-order valence-electron chi connectivity index (χ1n) is 5.19. The summed E-state index contributed by atoms with van der Waals surface area (Å²) >= 11 is 0. The van der Waals surface area contributed by atoms with Gasteiger partial charge < -0.3 is 11.5 Å². The lowest BCUT2D eigenvalue weighted by Gasteiger charge is -2.09. The van der Waals surface area contributed by atoms with Gasteiger partial charge in [-0.1, -0.05) is 12.1 Å². The molecule has 0 spiro atoms. The third-order valence-corrected chi connectivity index (χ3v) is 2.48. The van der Waals surface area contributed by atoms with Gasteiger partial charge >= 0.3 is 0 Å². The lowest BCUT2D eigenvalue weighted by atomic mass is 10.2. The first kappa shape index (κ1) is 10.6. The summed E-state index contributed by atoms with van der Waals surface area (Å²) < 4.78 is 1.47. The minimum Gasteiger partial charge on any atom is -0.369 e. The molecule has 1 heterocycles. The van der Waals surface area contributed by atoms with E-state index in [9.17, 15) is 4.79 Å². The summed E-state index contributed by atoms with van der Waals surface area (Å²) in [5, 5.41) is 0.591. The van der Waals surface area contributed by atoms with Gasteiger partial charge in [-0.3, -0.25) is 9.36 Å². The Morgan fingerprint density at radius 2 is 2.06 bits per heavy atom. The fraction of sp³-hybridized carbons (Fsp3) is 0.273. The van der Waals surface area contributed by atoms with Gasteiger partial charge in [-0.2, -0.15) is 0 Å². The summed E-state index contributed by atoms with van der Waals surface area (Å²) in [6.07, 6.45) is 0.712. The highest BCUT2D eigenvalue weighted by molar-refractivity contribution is 5.78. The molecule has 0 amide bonds. The van der Waals surface area contributed by atoms with Crippen LogP contribution in [0.15, 0.2) is 29.1 Å². The van der Waals surface area contributed by atoms with E-state index in [1.807, 2.05) is 12.1 Å². The molecule has 0 aliphatic heterocycles. The van der Waals surface area contributed by atoms with Gasteiger partial charge in [0.2, 0.25) is 5.95 Å². The number of para-hydroxylation sites is 1. The average Bonchev–Trinajstić information content (AvgIpc) is 2.29. The predicted octanol–water partition coefficient (Wildman–Crippen LogP) is 0.327. The lowest BCUT2D eigenvalue weighted by Crippen LogP contribution is -2.25. The molecule has 16 heavy (non-hydrogen) atoms. The van der Waals surface area contributed by atoms with Crippen LogP contribution < -0.4 is 17.0 Å². The highest BCUT2D eigenvalue weighted by Gasteiger charge is 2.06. The normalized spacial score (nSPS) is 10.8. The Bertz CT molecular complexity index is 561. The molecule has 5 nitrogen and oxygen atoms in total. The number of rotatable bonds is 3. The molecular weight excluding hydrogens is 204 g/mol. The van der Waals surface area contributed by atoms with Crippen LogP contribution in [0.4, 0.5) is 5.95 Å². The molecule has 0 atom stereocenters. The van der Waals surface area contributed by atoms with Crippen LogP contribution in [0.5, 0.6) is 0 Å². The first-order chi connectivity index (χ1) is 7.74. The van der Waals surface area contributed by atoms with Crippen LogP contribution in [-0.2, 0) is 6.54 Å². The average molecular weight is 218 g/mol. The summed E-state index contributed by atoms with van der Waals surface area (Å²) in [6.45, 7) is 1.04. The van der Waals surface area contributed by atoms with Crippen LogP contribution in [0.25, 0.3) is 10.9 Å². The highest BCUT2D eigenvalue weighted by Crippen LogP contribution is 2.08. The summed E-state index contributed by atoms with van der Waals surface area (Å²) in [4.78, 5) is 16.2. The van der Waals surface area contributed by atoms with Gasteiger partial charge in [0.1, 0.15) is 0 Å². The standard InChI is InChI=1S/C11H14N4O/c12-6-3-7-15-10(16)8-4-1-2-5-9(8)14-11(15)13/h1-2,4-5H,3,6-7,12H2,(H2,13,14). The maximum atomic E-state index is 12.1. The smallest absolute Gasteiger partial charge is 0.262 e. The molecule has 2 aromatic rings. The van der Waals surface area contributed by atoms with E-state index in [4.69, 9.17) is 11.5 Å². The Hall–Kier alpha value is -1.88. The summed E-state index contributed by atoms with van der Waals surface area (Å²) in [5.41, 5.74) is 11.7. The fourth-order valence-corrected chi connectivity index (χ4v) is 1.65. The number of nitrogens with zero attached hydrogens (tertiary/aromatic N) is 2. The van der Waals surface area contributed by atoms with Crippen LogP contribution in [0.1, 0.15) is 6.42 Å². The Morgan fingerprint density at radius 1 is 1.31 bits per heavy atom. The quantitative estimate of drug-likeness (QED) is 0.777. The third-order valence-electron chi connectivity index (χ3n) is 2.48. The largest absolute Gasteiger partial charge is 0.369 e. The van der Waals surface area contributed by atoms with Crippen LogP contribution in [0, 0.1) is 0 Å². The first-order valence-corrected chi connectivity index (χ1v) is 5.19. The molecular formula is C11H14N4O. The monoisotopic (exact) mass is 218 g/mol. The predicted molar refractivity (Wildman–Crippen MR) is 64.1 cm³/mol. The molecule has 0 fully saturated rings. The van der Waals surface area contributed by atoms with E-state index in [0.717, 1.165) is 0 Å². The molecule has 1 aromatic carbocycles. The van der Waals surface area contributed by atoms with Crippen molar-refractivity contribution < 1.29 is 0 Å². The van der Waals surface area contributed by atoms with E-state index >= 15 is 0 Å². The Morgan fingerprint density at radius 3 is 2.81 bits per heavy atom. The number of benzene rings is 1. The van der Waals surface area contributed by atoms with E-state index in [1.165, 1.54) is 4.57 Å². The summed E-state index contributed by atoms with van der Waals surface area (Å²) in [5.74, 6) is 0.247. The van der Waals surface area contributed by atoms with E-state index in [0.29, 0.717) is 30.4 Å². The van der Waals surface area contributed by atoms with Gasteiger partial charge in [-0.25, -0.2) is 4.98 Å². The molecule has 0 aliphatic rings. The minimum absolute atomic E-state index is 0.100. The van der Waals surface area contributed by atoms with Gasteiger partial charge in [0, 0.05) is 6.54 Å². The van der Waals surface area contributed by atoms with Crippen LogP contribution in [-0.4, -0.2) is 16.1 Å². The molecule has 1 aromatic heterocycles. The zero-order valence-corrected chi connectivity index (χ0v) is 8.89. The van der Waals surface area contributed by atoms with E-state index in [1.54, 1.807) is 12.1 Å². The molecule has 0 saturated heterocycles. The second-order valence-electron chi connectivity index (χ2n) is 3.59. The van der Waals surface area contributed by atoms with Crippen LogP contribution in [0.3, 0.4) is 0 Å². The molecule has 5 heteroatoms. The van der Waals surface area contributed by atoms with E-state index in [2.05, 4.69) is 4.98 Å². The van der Waals surface area contributed by atoms with Gasteiger partial charge in [-0.15, -0.1) is 0 Å². The van der Waals surface area contributed by atoms with Crippen molar-refractivity contribution in [2.24, 2.45) is 5.73 Å². The topological polar surface area (TPSA) is 86.9 Å². The minimum atomic E-state index is -0.100. The van der Waals surface area contributed by atoms with Gasteiger partial charge in [0.25, 0.3) is 5.56 Å². The van der Waals surface area contributed by atoms with Crippen molar-refractivity contribution in [3.63, 3.8) is 0 Å². The second-order valence-corrected chi connectivity index (χ2v) is 3.59. The van der Waals surface area contributed by atoms with E-state index in [-0.39, 0.29) is 11.5 Å². The lowest BCUT2D eigenvalue weighted by molar-refractivity contribution is 0.634. The highest BCUT2D eigenvalue weighted by atomic mass is 16.1. The van der Waals surface area contributed by atoms with Gasteiger partial charge in [-0.05, 0) is 25.1 Å². The van der Waals surface area contributed by atoms with Crippen molar-refractivity contribution in [2.45, 2.75) is 13.0 Å². The molecule has 0 saturated carbocycles. The van der Waals surface area contributed by atoms with Crippen molar-refractivity contribution in [2.75, 3.05) is 12.3 Å². The molecule has 0 unspecified atom stereocenters. The third kappa shape index (κ3) is 1.77. The molecule has 84 valence electrons. The van der Waals surface area contributed by atoms with Crippen molar-refractivity contribution in [1.29, 1.82) is 0 Å². The number of nitrogen functional groups attached to an aromatic ring is 1. The number of hydrogen-bond acceptors (Lipinski definition) is 4. The van der Waals surface area contributed by atoms with Gasteiger partial charge in [0.15, 0.2) is 0 Å².